The van der Waals surface area contributed by atoms with Crippen molar-refractivity contribution in [1.82, 2.24) is 0 Å². The zero-order valence-corrected chi connectivity index (χ0v) is 16.5. The lowest BCUT2D eigenvalue weighted by molar-refractivity contribution is 0.415. The summed E-state index contributed by atoms with van der Waals surface area (Å²) < 4.78 is 17.0. The van der Waals surface area contributed by atoms with Crippen molar-refractivity contribution in [3.05, 3.63) is 103 Å². The first kappa shape index (κ1) is 18.6. The Labute approximate surface area is 171 Å². The standard InChI is InChI=1S/C26H22O3/c1-19-3-9-23(10-4-19)28-25-15-17-26(18-16-25)29-24-13-7-21(8-14-24)20-5-11-22(27-2)12-6-20/h3-18H,1-2H3. The summed E-state index contributed by atoms with van der Waals surface area (Å²) in [4.78, 5) is 0. The smallest absolute Gasteiger partial charge is 0.127 e. The van der Waals surface area contributed by atoms with E-state index in [0.717, 1.165) is 39.9 Å². The summed E-state index contributed by atoms with van der Waals surface area (Å²) in [5.41, 5.74) is 3.47. The van der Waals surface area contributed by atoms with Crippen molar-refractivity contribution in [2.24, 2.45) is 0 Å². The van der Waals surface area contributed by atoms with E-state index >= 15 is 0 Å². The number of benzene rings is 4. The molecule has 144 valence electrons. The molecule has 4 aromatic rings. The third kappa shape index (κ3) is 4.77. The van der Waals surface area contributed by atoms with Crippen molar-refractivity contribution < 1.29 is 14.2 Å². The minimum Gasteiger partial charge on any atom is -0.497 e. The number of methoxy groups -OCH3 is 1. The maximum Gasteiger partial charge on any atom is 0.127 e. The van der Waals surface area contributed by atoms with Gasteiger partial charge in [0.15, 0.2) is 0 Å². The normalized spacial score (nSPS) is 10.4. The minimum absolute atomic E-state index is 0.762. The van der Waals surface area contributed by atoms with Crippen LogP contribution in [0.2, 0.25) is 0 Å². The van der Waals surface area contributed by atoms with Crippen LogP contribution in [0.5, 0.6) is 28.7 Å². The maximum absolute atomic E-state index is 5.95. The molecule has 4 aromatic carbocycles. The average molecular weight is 382 g/mol. The van der Waals surface area contributed by atoms with Crippen LogP contribution in [0.4, 0.5) is 0 Å². The highest BCUT2D eigenvalue weighted by atomic mass is 16.5. The first-order valence-corrected chi connectivity index (χ1v) is 9.46. The van der Waals surface area contributed by atoms with Gasteiger partial charge in [-0.2, -0.15) is 0 Å². The second-order valence-corrected chi connectivity index (χ2v) is 6.74. The third-order valence-electron chi connectivity index (χ3n) is 4.59. The van der Waals surface area contributed by atoms with Crippen molar-refractivity contribution in [3.8, 4) is 39.9 Å². The molecule has 3 nitrogen and oxygen atoms in total. The highest BCUT2D eigenvalue weighted by Crippen LogP contribution is 2.29. The molecule has 0 aliphatic carbocycles. The van der Waals surface area contributed by atoms with Gasteiger partial charge < -0.3 is 14.2 Å². The van der Waals surface area contributed by atoms with E-state index < -0.39 is 0 Å². The summed E-state index contributed by atoms with van der Waals surface area (Å²) in [6.07, 6.45) is 0. The monoisotopic (exact) mass is 382 g/mol. The maximum atomic E-state index is 5.95. The van der Waals surface area contributed by atoms with Crippen LogP contribution < -0.4 is 14.2 Å². The van der Waals surface area contributed by atoms with Crippen molar-refractivity contribution in [3.63, 3.8) is 0 Å². The van der Waals surface area contributed by atoms with Crippen LogP contribution in [0.3, 0.4) is 0 Å². The Balaban J connectivity index is 1.40. The van der Waals surface area contributed by atoms with Gasteiger partial charge in [0, 0.05) is 0 Å². The van der Waals surface area contributed by atoms with Gasteiger partial charge in [-0.3, -0.25) is 0 Å². The lowest BCUT2D eigenvalue weighted by Crippen LogP contribution is -1.87. The number of hydrogen-bond donors (Lipinski definition) is 0. The molecule has 0 atom stereocenters. The molecule has 0 heterocycles. The molecule has 0 spiro atoms. The second kappa shape index (κ2) is 8.53. The van der Waals surface area contributed by atoms with Crippen LogP contribution in [0, 0.1) is 6.92 Å². The fraction of sp³-hybridized carbons (Fsp3) is 0.0769. The summed E-state index contributed by atoms with van der Waals surface area (Å²) in [5, 5.41) is 0. The van der Waals surface area contributed by atoms with Crippen LogP contribution in [0.25, 0.3) is 11.1 Å². The van der Waals surface area contributed by atoms with Gasteiger partial charge in [0.2, 0.25) is 0 Å². The molecule has 0 saturated heterocycles. The summed E-state index contributed by atoms with van der Waals surface area (Å²) >= 11 is 0. The Bertz CT molecular complexity index is 1050. The fourth-order valence-electron chi connectivity index (χ4n) is 2.95. The van der Waals surface area contributed by atoms with Crippen LogP contribution in [-0.4, -0.2) is 7.11 Å². The van der Waals surface area contributed by atoms with Gasteiger partial charge in [-0.05, 0) is 78.7 Å². The molecule has 0 fully saturated rings. The number of ether oxygens (including phenoxy) is 3. The molecular formula is C26H22O3. The third-order valence-corrected chi connectivity index (χ3v) is 4.59. The molecule has 0 N–H and O–H groups in total. The molecule has 0 aliphatic rings. The van der Waals surface area contributed by atoms with E-state index in [9.17, 15) is 0 Å². The van der Waals surface area contributed by atoms with Crippen LogP contribution in [-0.2, 0) is 0 Å². The number of hydrogen-bond acceptors (Lipinski definition) is 3. The van der Waals surface area contributed by atoms with E-state index in [4.69, 9.17) is 14.2 Å². The second-order valence-electron chi connectivity index (χ2n) is 6.74. The molecule has 0 bridgehead atoms. The van der Waals surface area contributed by atoms with Gasteiger partial charge in [0.25, 0.3) is 0 Å². The van der Waals surface area contributed by atoms with Gasteiger partial charge in [-0.15, -0.1) is 0 Å². The molecule has 0 aromatic heterocycles. The molecule has 4 rings (SSSR count). The van der Waals surface area contributed by atoms with Gasteiger partial charge >= 0.3 is 0 Å². The Morgan fingerprint density at radius 3 is 1.10 bits per heavy atom. The minimum atomic E-state index is 0.762. The Morgan fingerprint density at radius 2 is 0.724 bits per heavy atom. The molecular weight excluding hydrogens is 360 g/mol. The van der Waals surface area contributed by atoms with Crippen LogP contribution >= 0.6 is 0 Å². The van der Waals surface area contributed by atoms with E-state index in [0.29, 0.717) is 0 Å². The lowest BCUT2D eigenvalue weighted by Gasteiger charge is -2.09. The molecule has 29 heavy (non-hydrogen) atoms. The zero-order valence-electron chi connectivity index (χ0n) is 16.5. The fourth-order valence-corrected chi connectivity index (χ4v) is 2.95. The highest BCUT2D eigenvalue weighted by molar-refractivity contribution is 5.65. The SMILES string of the molecule is COc1ccc(-c2ccc(Oc3ccc(Oc4ccc(C)cc4)cc3)cc2)cc1. The van der Waals surface area contributed by atoms with Gasteiger partial charge in [-0.1, -0.05) is 42.0 Å². The number of rotatable bonds is 6. The largest absolute Gasteiger partial charge is 0.497 e. The van der Waals surface area contributed by atoms with Crippen molar-refractivity contribution in [2.75, 3.05) is 7.11 Å². The lowest BCUT2D eigenvalue weighted by atomic mass is 10.1. The Hall–Kier alpha value is -3.72. The quantitative estimate of drug-likeness (QED) is 0.351. The summed E-state index contributed by atoms with van der Waals surface area (Å²) in [7, 11) is 1.67. The van der Waals surface area contributed by atoms with E-state index in [1.54, 1.807) is 7.11 Å². The average Bonchev–Trinajstić information content (AvgIpc) is 2.77. The summed E-state index contributed by atoms with van der Waals surface area (Å²) in [6.45, 7) is 2.06. The molecule has 0 unspecified atom stereocenters. The first-order valence-electron chi connectivity index (χ1n) is 9.46. The van der Waals surface area contributed by atoms with Crippen molar-refractivity contribution in [2.45, 2.75) is 6.92 Å². The number of aryl methyl sites for hydroxylation is 1. The van der Waals surface area contributed by atoms with E-state index in [1.165, 1.54) is 5.56 Å². The predicted octanol–water partition coefficient (Wildman–Crippen LogP) is 7.26. The first-order chi connectivity index (χ1) is 14.2. The highest BCUT2D eigenvalue weighted by Gasteiger charge is 2.03. The Kier molecular flexibility index (Phi) is 5.48. The van der Waals surface area contributed by atoms with Gasteiger partial charge in [0.05, 0.1) is 7.11 Å². The van der Waals surface area contributed by atoms with E-state index in [-0.39, 0.29) is 0 Å². The zero-order chi connectivity index (χ0) is 20.1. The van der Waals surface area contributed by atoms with E-state index in [2.05, 4.69) is 6.92 Å². The molecule has 0 amide bonds. The van der Waals surface area contributed by atoms with Crippen LogP contribution in [0.15, 0.2) is 97.1 Å². The molecule has 0 saturated carbocycles. The van der Waals surface area contributed by atoms with Gasteiger partial charge in [-0.25, -0.2) is 0 Å². The molecule has 3 heteroatoms. The topological polar surface area (TPSA) is 27.7 Å². The molecule has 0 aliphatic heterocycles. The summed E-state index contributed by atoms with van der Waals surface area (Å²) in [6, 6.07) is 31.6. The van der Waals surface area contributed by atoms with Crippen LogP contribution in [0.1, 0.15) is 5.56 Å². The van der Waals surface area contributed by atoms with Crippen molar-refractivity contribution in [1.29, 1.82) is 0 Å². The van der Waals surface area contributed by atoms with E-state index in [1.807, 2.05) is 97.1 Å². The predicted molar refractivity (Wildman–Crippen MR) is 116 cm³/mol. The van der Waals surface area contributed by atoms with Crippen molar-refractivity contribution >= 4 is 0 Å². The van der Waals surface area contributed by atoms with Gasteiger partial charge in [0.1, 0.15) is 28.7 Å². The summed E-state index contributed by atoms with van der Waals surface area (Å²) in [5.74, 6) is 3.99. The molecule has 0 radical (unpaired) electrons. The Morgan fingerprint density at radius 1 is 0.414 bits per heavy atom.